The van der Waals surface area contributed by atoms with Crippen LogP contribution in [0.3, 0.4) is 0 Å². The Kier molecular flexibility index (Phi) is 4.22. The molecule has 0 aliphatic rings. The fraction of sp³-hybridized carbons (Fsp3) is 0.214. The van der Waals surface area contributed by atoms with Crippen LogP contribution >= 0.6 is 0 Å². The molecule has 0 spiro atoms. The molecular formula is C14H13NO6. The number of rotatable bonds is 5. The van der Waals surface area contributed by atoms with Crippen molar-refractivity contribution in [2.75, 3.05) is 7.11 Å². The van der Waals surface area contributed by atoms with Crippen LogP contribution in [0.5, 0.6) is 0 Å². The van der Waals surface area contributed by atoms with Gasteiger partial charge in [0.1, 0.15) is 0 Å². The van der Waals surface area contributed by atoms with Gasteiger partial charge in [0, 0.05) is 0 Å². The number of carboxylic acids is 1. The van der Waals surface area contributed by atoms with Crippen molar-refractivity contribution in [3.63, 3.8) is 0 Å². The zero-order valence-electron chi connectivity index (χ0n) is 11.2. The molecule has 1 heterocycles. The second-order valence-electron chi connectivity index (χ2n) is 4.40. The standard InChI is InChI=1S/C14H13NO6/c1-20-13(18)7-9(6-12(16)17)4-8-2-3-10-11(5-8)21-14(19)15-10/h2-5H,6-7H2,1H3,(H,15,19)(H,16,17)/b9-4-. The monoisotopic (exact) mass is 291 g/mol. The molecule has 0 radical (unpaired) electrons. The van der Waals surface area contributed by atoms with Gasteiger partial charge in [-0.05, 0) is 23.3 Å². The van der Waals surface area contributed by atoms with Gasteiger partial charge in [0.05, 0.1) is 25.5 Å². The van der Waals surface area contributed by atoms with Crippen LogP contribution in [0.2, 0.25) is 0 Å². The van der Waals surface area contributed by atoms with Gasteiger partial charge in [-0.3, -0.25) is 14.6 Å². The van der Waals surface area contributed by atoms with Crippen molar-refractivity contribution in [1.82, 2.24) is 4.98 Å². The maximum Gasteiger partial charge on any atom is 0.417 e. The summed E-state index contributed by atoms with van der Waals surface area (Å²) < 4.78 is 9.46. The van der Waals surface area contributed by atoms with E-state index in [0.717, 1.165) is 0 Å². The summed E-state index contributed by atoms with van der Waals surface area (Å²) in [5, 5.41) is 8.86. The molecule has 0 aliphatic carbocycles. The molecule has 0 amide bonds. The van der Waals surface area contributed by atoms with Crippen LogP contribution in [-0.2, 0) is 14.3 Å². The zero-order valence-corrected chi connectivity index (χ0v) is 11.2. The average Bonchev–Trinajstić information content (AvgIpc) is 2.77. The molecular weight excluding hydrogens is 278 g/mol. The van der Waals surface area contributed by atoms with Crippen LogP contribution in [-0.4, -0.2) is 29.1 Å². The highest BCUT2D eigenvalue weighted by Gasteiger charge is 2.10. The Morgan fingerprint density at radius 3 is 2.81 bits per heavy atom. The summed E-state index contributed by atoms with van der Waals surface area (Å²) in [4.78, 5) is 35.7. The van der Waals surface area contributed by atoms with Crippen LogP contribution in [0.25, 0.3) is 17.2 Å². The van der Waals surface area contributed by atoms with Crippen LogP contribution in [0.4, 0.5) is 0 Å². The number of hydrogen-bond donors (Lipinski definition) is 2. The van der Waals surface area contributed by atoms with Crippen molar-refractivity contribution in [1.29, 1.82) is 0 Å². The number of carbonyl (C=O) groups excluding carboxylic acids is 1. The Morgan fingerprint density at radius 2 is 2.14 bits per heavy atom. The van der Waals surface area contributed by atoms with Gasteiger partial charge in [0.25, 0.3) is 0 Å². The molecule has 21 heavy (non-hydrogen) atoms. The number of carboxylic acid groups (broad SMARTS) is 1. The van der Waals surface area contributed by atoms with Gasteiger partial charge in [0.2, 0.25) is 0 Å². The summed E-state index contributed by atoms with van der Waals surface area (Å²) in [7, 11) is 1.24. The Bertz CT molecular complexity index is 767. The number of carbonyl (C=O) groups is 2. The number of hydrogen-bond acceptors (Lipinski definition) is 5. The highest BCUT2D eigenvalue weighted by atomic mass is 16.5. The third-order valence-corrected chi connectivity index (χ3v) is 2.79. The minimum absolute atomic E-state index is 0.113. The lowest BCUT2D eigenvalue weighted by Gasteiger charge is -2.04. The lowest BCUT2D eigenvalue weighted by molar-refractivity contribution is -0.139. The first-order valence-electron chi connectivity index (χ1n) is 6.09. The lowest BCUT2D eigenvalue weighted by Crippen LogP contribution is -2.05. The van der Waals surface area contributed by atoms with E-state index in [1.165, 1.54) is 7.11 Å². The quantitative estimate of drug-likeness (QED) is 0.809. The maximum atomic E-state index is 11.3. The lowest BCUT2D eigenvalue weighted by atomic mass is 10.0. The van der Waals surface area contributed by atoms with Gasteiger partial charge in [-0.25, -0.2) is 4.79 Å². The first-order chi connectivity index (χ1) is 9.97. The second kappa shape index (κ2) is 6.08. The topological polar surface area (TPSA) is 110 Å². The highest BCUT2D eigenvalue weighted by Crippen LogP contribution is 2.18. The number of aromatic nitrogens is 1. The van der Waals surface area contributed by atoms with Crippen LogP contribution < -0.4 is 5.76 Å². The van der Waals surface area contributed by atoms with Crippen LogP contribution in [0.15, 0.2) is 33.0 Å². The molecule has 1 aromatic carbocycles. The summed E-state index contributed by atoms with van der Waals surface area (Å²) in [5.41, 5.74) is 1.93. The van der Waals surface area contributed by atoms with Crippen LogP contribution in [0, 0.1) is 0 Å². The van der Waals surface area contributed by atoms with Gasteiger partial charge < -0.3 is 14.3 Å². The molecule has 2 aromatic rings. The molecule has 2 N–H and O–H groups in total. The van der Waals surface area contributed by atoms with E-state index in [1.54, 1.807) is 24.3 Å². The molecule has 7 nitrogen and oxygen atoms in total. The number of esters is 1. The van der Waals surface area contributed by atoms with Crippen molar-refractivity contribution < 1.29 is 23.8 Å². The number of H-pyrrole nitrogens is 1. The van der Waals surface area contributed by atoms with Gasteiger partial charge in [-0.15, -0.1) is 0 Å². The number of aliphatic carboxylic acids is 1. The van der Waals surface area contributed by atoms with E-state index in [9.17, 15) is 14.4 Å². The van der Waals surface area contributed by atoms with Gasteiger partial charge in [-0.1, -0.05) is 12.1 Å². The SMILES string of the molecule is COC(=O)C/C(=C\c1ccc2[nH]c(=O)oc2c1)CC(=O)O. The molecule has 0 fully saturated rings. The number of fused-ring (bicyclic) bond motifs is 1. The number of ether oxygens (including phenoxy) is 1. The van der Waals surface area contributed by atoms with Gasteiger partial charge in [-0.2, -0.15) is 0 Å². The van der Waals surface area contributed by atoms with E-state index >= 15 is 0 Å². The van der Waals surface area contributed by atoms with E-state index in [2.05, 4.69) is 9.72 Å². The van der Waals surface area contributed by atoms with E-state index in [0.29, 0.717) is 22.2 Å². The molecule has 7 heteroatoms. The molecule has 2 rings (SSSR count). The number of methoxy groups -OCH3 is 1. The van der Waals surface area contributed by atoms with Crippen molar-refractivity contribution in [2.45, 2.75) is 12.8 Å². The predicted octanol–water partition coefficient (Wildman–Crippen LogP) is 1.54. The third kappa shape index (κ3) is 3.82. The first-order valence-corrected chi connectivity index (χ1v) is 6.09. The molecule has 0 saturated carbocycles. The molecule has 1 aromatic heterocycles. The molecule has 0 saturated heterocycles. The highest BCUT2D eigenvalue weighted by molar-refractivity contribution is 5.81. The summed E-state index contributed by atoms with van der Waals surface area (Å²) in [5.74, 6) is -2.12. The van der Waals surface area contributed by atoms with E-state index in [4.69, 9.17) is 9.52 Å². The summed E-state index contributed by atoms with van der Waals surface area (Å²) in [6.45, 7) is 0. The second-order valence-corrected chi connectivity index (χ2v) is 4.40. The zero-order chi connectivity index (χ0) is 15.4. The Morgan fingerprint density at radius 1 is 1.38 bits per heavy atom. The van der Waals surface area contributed by atoms with Crippen molar-refractivity contribution in [3.8, 4) is 0 Å². The number of benzene rings is 1. The Hall–Kier alpha value is -2.83. The molecule has 0 unspecified atom stereocenters. The smallest absolute Gasteiger partial charge is 0.417 e. The normalized spacial score (nSPS) is 11.6. The summed E-state index contributed by atoms with van der Waals surface area (Å²) in [6, 6.07) is 4.92. The van der Waals surface area contributed by atoms with Crippen molar-refractivity contribution in [3.05, 3.63) is 39.9 Å². The third-order valence-electron chi connectivity index (χ3n) is 2.79. The average molecular weight is 291 g/mol. The number of aromatic amines is 1. The van der Waals surface area contributed by atoms with Crippen molar-refractivity contribution >= 4 is 29.1 Å². The molecule has 110 valence electrons. The Labute approximate surface area is 118 Å². The largest absolute Gasteiger partial charge is 0.481 e. The molecule has 0 bridgehead atoms. The number of nitrogens with one attached hydrogen (secondary N) is 1. The number of oxazole rings is 1. The van der Waals surface area contributed by atoms with Crippen LogP contribution in [0.1, 0.15) is 18.4 Å². The molecule has 0 atom stereocenters. The van der Waals surface area contributed by atoms with E-state index in [-0.39, 0.29) is 12.8 Å². The van der Waals surface area contributed by atoms with E-state index < -0.39 is 17.7 Å². The fourth-order valence-corrected chi connectivity index (χ4v) is 1.90. The summed E-state index contributed by atoms with van der Waals surface area (Å²) >= 11 is 0. The minimum atomic E-state index is -1.04. The fourth-order valence-electron chi connectivity index (χ4n) is 1.90. The summed E-state index contributed by atoms with van der Waals surface area (Å²) in [6.07, 6.45) is 1.18. The maximum absolute atomic E-state index is 11.3. The Balaban J connectivity index is 2.34. The predicted molar refractivity (Wildman–Crippen MR) is 73.7 cm³/mol. The van der Waals surface area contributed by atoms with E-state index in [1.807, 2.05) is 0 Å². The minimum Gasteiger partial charge on any atom is -0.481 e. The first kappa shape index (κ1) is 14.6. The van der Waals surface area contributed by atoms with Gasteiger partial charge in [0.15, 0.2) is 5.58 Å². The molecule has 0 aliphatic heterocycles. The van der Waals surface area contributed by atoms with Gasteiger partial charge >= 0.3 is 17.7 Å². The van der Waals surface area contributed by atoms with Crippen molar-refractivity contribution in [2.24, 2.45) is 0 Å².